The van der Waals surface area contributed by atoms with E-state index in [9.17, 15) is 12.3 Å². The van der Waals surface area contributed by atoms with Crippen LogP contribution in [0, 0.1) is 0 Å². The van der Waals surface area contributed by atoms with Crippen molar-refractivity contribution < 1.29 is 17.0 Å². The lowest BCUT2D eigenvalue weighted by molar-refractivity contribution is 0.0726. The maximum atomic E-state index is 12.6. The molecule has 2 atom stereocenters. The van der Waals surface area contributed by atoms with Gasteiger partial charge in [0.05, 0.1) is 6.10 Å². The maximum Gasteiger partial charge on any atom is 0.307 e. The van der Waals surface area contributed by atoms with Crippen LogP contribution in [0.3, 0.4) is 0 Å². The van der Waals surface area contributed by atoms with Gasteiger partial charge in [-0.25, -0.2) is 0 Å². The largest absolute Gasteiger partial charge is 0.380 e. The first-order valence-electron chi connectivity index (χ1n) is 4.02. The highest BCUT2D eigenvalue weighted by Gasteiger charge is 2.35. The van der Waals surface area contributed by atoms with Crippen LogP contribution < -0.4 is 0 Å². The molecule has 1 aliphatic carbocycles. The number of rotatable bonds is 2. The van der Waals surface area contributed by atoms with Gasteiger partial charge in [-0.2, -0.15) is 8.42 Å². The molecule has 0 radical (unpaired) electrons. The summed E-state index contributed by atoms with van der Waals surface area (Å²) < 4.78 is 38.7. The van der Waals surface area contributed by atoms with Gasteiger partial charge in [0.25, 0.3) is 0 Å². The minimum atomic E-state index is -4.41. The molecule has 5 heteroatoms. The Balaban J connectivity index is 2.72. The highest BCUT2D eigenvalue weighted by molar-refractivity contribution is 7.87. The second kappa shape index (κ2) is 3.70. The molecule has 0 aromatic heterocycles. The first kappa shape index (κ1) is 9.92. The van der Waals surface area contributed by atoms with Crippen LogP contribution in [-0.2, 0) is 15.0 Å². The molecule has 0 aliphatic heterocycles. The third kappa shape index (κ3) is 2.17. The molecule has 1 rings (SSSR count). The van der Waals surface area contributed by atoms with Crippen molar-refractivity contribution in [3.05, 3.63) is 0 Å². The fourth-order valence-electron chi connectivity index (χ4n) is 1.65. The van der Waals surface area contributed by atoms with E-state index in [1.165, 1.54) is 7.11 Å². The Kier molecular flexibility index (Phi) is 3.06. The molecule has 0 heterocycles. The van der Waals surface area contributed by atoms with Gasteiger partial charge >= 0.3 is 10.2 Å². The summed E-state index contributed by atoms with van der Waals surface area (Å²) in [7, 11) is -2.99. The predicted molar refractivity (Wildman–Crippen MR) is 43.1 cm³/mol. The molecule has 12 heavy (non-hydrogen) atoms. The second-order valence-corrected chi connectivity index (χ2v) is 4.63. The standard InChI is InChI=1S/C7H13FO3S/c1-11-6-4-2-3-5-7(6)12(8,9)10/h6-7H,2-5H2,1H3/t6-,7+/m0/s1. The van der Waals surface area contributed by atoms with Crippen molar-refractivity contribution in [2.75, 3.05) is 7.11 Å². The molecule has 0 spiro atoms. The molecule has 0 aromatic rings. The molecule has 0 aromatic carbocycles. The Morgan fingerprint density at radius 3 is 2.33 bits per heavy atom. The van der Waals surface area contributed by atoms with Crippen molar-refractivity contribution in [3.8, 4) is 0 Å². The van der Waals surface area contributed by atoms with Crippen LogP contribution in [0.1, 0.15) is 25.7 Å². The van der Waals surface area contributed by atoms with E-state index in [-0.39, 0.29) is 0 Å². The quantitative estimate of drug-likeness (QED) is 0.624. The first-order valence-corrected chi connectivity index (χ1v) is 5.46. The molecule has 1 fully saturated rings. The van der Waals surface area contributed by atoms with Crippen LogP contribution in [0.15, 0.2) is 0 Å². The fourth-order valence-corrected chi connectivity index (χ4v) is 2.71. The molecule has 0 saturated heterocycles. The van der Waals surface area contributed by atoms with E-state index in [1.807, 2.05) is 0 Å². The van der Waals surface area contributed by atoms with Crippen molar-refractivity contribution >= 4 is 10.2 Å². The van der Waals surface area contributed by atoms with Gasteiger partial charge in [0.15, 0.2) is 0 Å². The average Bonchev–Trinajstić information content (AvgIpc) is 2.03. The summed E-state index contributed by atoms with van der Waals surface area (Å²) in [4.78, 5) is 0. The Labute approximate surface area is 72.1 Å². The Bertz CT molecular complexity index is 237. The van der Waals surface area contributed by atoms with Gasteiger partial charge in [0.2, 0.25) is 0 Å². The molecule has 0 bridgehead atoms. The Morgan fingerprint density at radius 2 is 1.92 bits per heavy atom. The van der Waals surface area contributed by atoms with Gasteiger partial charge in [-0.15, -0.1) is 3.89 Å². The van der Waals surface area contributed by atoms with E-state index >= 15 is 0 Å². The van der Waals surface area contributed by atoms with E-state index in [0.29, 0.717) is 12.8 Å². The smallest absolute Gasteiger partial charge is 0.307 e. The monoisotopic (exact) mass is 196 g/mol. The number of hydrogen-bond acceptors (Lipinski definition) is 3. The Morgan fingerprint density at radius 1 is 1.33 bits per heavy atom. The zero-order valence-electron chi connectivity index (χ0n) is 6.99. The predicted octanol–water partition coefficient (Wildman–Crippen LogP) is 1.24. The van der Waals surface area contributed by atoms with Crippen molar-refractivity contribution in [3.63, 3.8) is 0 Å². The van der Waals surface area contributed by atoms with Crippen LogP contribution >= 0.6 is 0 Å². The van der Waals surface area contributed by atoms with Crippen molar-refractivity contribution in [2.24, 2.45) is 0 Å². The summed E-state index contributed by atoms with van der Waals surface area (Å²) in [5.41, 5.74) is 0. The minimum Gasteiger partial charge on any atom is -0.380 e. The van der Waals surface area contributed by atoms with Crippen LogP contribution in [-0.4, -0.2) is 26.9 Å². The van der Waals surface area contributed by atoms with Crippen LogP contribution in [0.25, 0.3) is 0 Å². The van der Waals surface area contributed by atoms with E-state index in [1.54, 1.807) is 0 Å². The zero-order valence-corrected chi connectivity index (χ0v) is 7.81. The van der Waals surface area contributed by atoms with Gasteiger partial charge in [0.1, 0.15) is 5.25 Å². The van der Waals surface area contributed by atoms with E-state index in [2.05, 4.69) is 0 Å². The first-order chi connectivity index (χ1) is 5.55. The second-order valence-electron chi connectivity index (χ2n) is 3.07. The molecule has 72 valence electrons. The van der Waals surface area contributed by atoms with Crippen molar-refractivity contribution in [1.82, 2.24) is 0 Å². The van der Waals surface area contributed by atoms with Crippen LogP contribution in [0.4, 0.5) is 3.89 Å². The summed E-state index contributed by atoms with van der Waals surface area (Å²) in [5, 5.41) is -0.934. The van der Waals surface area contributed by atoms with Gasteiger partial charge < -0.3 is 4.74 Å². The molecular weight excluding hydrogens is 183 g/mol. The normalized spacial score (nSPS) is 31.8. The molecular formula is C7H13FO3S. The highest BCUT2D eigenvalue weighted by atomic mass is 32.3. The average molecular weight is 196 g/mol. The molecule has 0 N–H and O–H groups in total. The number of methoxy groups -OCH3 is 1. The van der Waals surface area contributed by atoms with Gasteiger partial charge in [-0.1, -0.05) is 12.8 Å². The molecule has 0 amide bonds. The lowest BCUT2D eigenvalue weighted by Crippen LogP contribution is -2.36. The van der Waals surface area contributed by atoms with Crippen molar-refractivity contribution in [2.45, 2.75) is 37.0 Å². The van der Waals surface area contributed by atoms with Gasteiger partial charge in [-0.05, 0) is 12.8 Å². The molecule has 0 unspecified atom stereocenters. The molecule has 1 aliphatic rings. The summed E-state index contributed by atoms with van der Waals surface area (Å²) in [6, 6.07) is 0. The highest BCUT2D eigenvalue weighted by Crippen LogP contribution is 2.27. The zero-order chi connectivity index (χ0) is 9.19. The summed E-state index contributed by atoms with van der Waals surface area (Å²) in [6.07, 6.45) is 2.27. The lowest BCUT2D eigenvalue weighted by atomic mass is 9.97. The van der Waals surface area contributed by atoms with E-state index in [4.69, 9.17) is 4.74 Å². The number of halogens is 1. The van der Waals surface area contributed by atoms with Crippen LogP contribution in [0.2, 0.25) is 0 Å². The third-order valence-electron chi connectivity index (χ3n) is 2.31. The van der Waals surface area contributed by atoms with Gasteiger partial charge in [0, 0.05) is 7.11 Å². The third-order valence-corrected chi connectivity index (χ3v) is 3.57. The van der Waals surface area contributed by atoms with Crippen LogP contribution in [0.5, 0.6) is 0 Å². The molecule has 1 saturated carbocycles. The summed E-state index contributed by atoms with van der Waals surface area (Å²) >= 11 is 0. The topological polar surface area (TPSA) is 43.4 Å². The SMILES string of the molecule is CO[C@H]1CCCC[C@H]1S(=O)(=O)F. The minimum absolute atomic E-state index is 0.386. The maximum absolute atomic E-state index is 12.6. The fraction of sp³-hybridized carbons (Fsp3) is 1.00. The van der Waals surface area contributed by atoms with E-state index in [0.717, 1.165) is 12.8 Å². The van der Waals surface area contributed by atoms with E-state index < -0.39 is 21.6 Å². The van der Waals surface area contributed by atoms with Crippen molar-refractivity contribution in [1.29, 1.82) is 0 Å². The Hall–Kier alpha value is -0.160. The van der Waals surface area contributed by atoms with Gasteiger partial charge in [-0.3, -0.25) is 0 Å². The number of ether oxygens (including phenoxy) is 1. The molecule has 3 nitrogen and oxygen atoms in total. The lowest BCUT2D eigenvalue weighted by Gasteiger charge is -2.26. The summed E-state index contributed by atoms with van der Waals surface area (Å²) in [5.74, 6) is 0. The number of hydrogen-bond donors (Lipinski definition) is 0. The summed E-state index contributed by atoms with van der Waals surface area (Å²) in [6.45, 7) is 0.